The number of non-ortho nitro benzene ring substituents is 1. The number of nitro groups is 3. The molecule has 10 heteroatoms. The summed E-state index contributed by atoms with van der Waals surface area (Å²) in [5.41, 5.74) is -1.06. The topological polar surface area (TPSA) is 139 Å². The average molecular weight is 256 g/mol. The highest BCUT2D eigenvalue weighted by Gasteiger charge is 2.34. The number of ether oxygens (including phenoxy) is 1. The number of nitro benzene ring substituents is 1. The van der Waals surface area contributed by atoms with E-state index in [2.05, 4.69) is 0 Å². The molecule has 0 atom stereocenters. The van der Waals surface area contributed by atoms with Crippen LogP contribution in [-0.2, 0) is 0 Å². The zero-order valence-electron chi connectivity index (χ0n) is 8.93. The summed E-state index contributed by atoms with van der Waals surface area (Å²) >= 11 is 0. The molecule has 0 saturated heterocycles. The van der Waals surface area contributed by atoms with E-state index < -0.39 is 32.2 Å². The van der Waals surface area contributed by atoms with Gasteiger partial charge < -0.3 is 4.74 Å². The standard InChI is InChI=1S/C8H6N3O7/c1-18-7-3-2-5(9(12)13)4-6(7)8(10(14)15)11(16)17/h2-4H,1H3/q-1. The molecule has 0 fully saturated rings. The Labute approximate surface area is 99.2 Å². The van der Waals surface area contributed by atoms with Crippen LogP contribution in [0.1, 0.15) is 5.56 Å². The van der Waals surface area contributed by atoms with Crippen LogP contribution in [0, 0.1) is 36.5 Å². The van der Waals surface area contributed by atoms with Crippen LogP contribution in [0.4, 0.5) is 5.69 Å². The maximum Gasteiger partial charge on any atom is 0.463 e. The molecule has 0 aliphatic rings. The van der Waals surface area contributed by atoms with Crippen molar-refractivity contribution >= 4 is 5.69 Å². The Balaban J connectivity index is 3.42. The van der Waals surface area contributed by atoms with Crippen LogP contribution in [0.25, 0.3) is 0 Å². The summed E-state index contributed by atoms with van der Waals surface area (Å²) < 4.78 is 4.71. The molecule has 0 saturated carbocycles. The predicted octanol–water partition coefficient (Wildman–Crippen LogP) is 0.994. The van der Waals surface area contributed by atoms with E-state index in [4.69, 9.17) is 4.74 Å². The summed E-state index contributed by atoms with van der Waals surface area (Å²) in [6.07, 6.45) is -1.38. The van der Waals surface area contributed by atoms with Gasteiger partial charge in [0.1, 0.15) is 0 Å². The van der Waals surface area contributed by atoms with E-state index in [1.807, 2.05) is 0 Å². The lowest BCUT2D eigenvalue weighted by molar-refractivity contribution is -0.660. The molecule has 0 N–H and O–H groups in total. The average Bonchev–Trinajstić information content (AvgIpc) is 2.27. The zero-order chi connectivity index (χ0) is 13.9. The molecule has 96 valence electrons. The molecule has 1 aromatic rings. The molecule has 0 radical (unpaired) electrons. The highest BCUT2D eigenvalue weighted by molar-refractivity contribution is 5.47. The van der Waals surface area contributed by atoms with Crippen molar-refractivity contribution < 1.29 is 19.5 Å². The van der Waals surface area contributed by atoms with E-state index in [-0.39, 0.29) is 5.75 Å². The molecule has 0 aromatic heterocycles. The van der Waals surface area contributed by atoms with E-state index in [1.54, 1.807) is 0 Å². The Hall–Kier alpha value is -2.91. The normalized spacial score (nSPS) is 9.61. The fourth-order valence-electron chi connectivity index (χ4n) is 1.25. The number of nitrogens with zero attached hydrogens (tertiary/aromatic N) is 3. The minimum absolute atomic E-state index is 0.191. The van der Waals surface area contributed by atoms with Gasteiger partial charge in [-0.25, -0.2) is 0 Å². The van der Waals surface area contributed by atoms with Gasteiger partial charge in [-0.3, -0.25) is 30.3 Å². The van der Waals surface area contributed by atoms with E-state index in [0.29, 0.717) is 0 Å². The molecule has 0 bridgehead atoms. The Morgan fingerprint density at radius 1 is 1.11 bits per heavy atom. The lowest BCUT2D eigenvalue weighted by Crippen LogP contribution is -2.21. The smallest absolute Gasteiger partial charge is 0.463 e. The third-order valence-corrected chi connectivity index (χ3v) is 1.98. The summed E-state index contributed by atoms with van der Waals surface area (Å²) in [6, 6.07) is 2.81. The molecule has 0 aliphatic heterocycles. The second-order valence-corrected chi connectivity index (χ2v) is 2.98. The van der Waals surface area contributed by atoms with Crippen molar-refractivity contribution in [2.24, 2.45) is 0 Å². The highest BCUT2D eigenvalue weighted by Crippen LogP contribution is 2.30. The molecular weight excluding hydrogens is 250 g/mol. The highest BCUT2D eigenvalue weighted by atomic mass is 16.7. The fraction of sp³-hybridized carbons (Fsp3) is 0.125. The molecule has 1 aromatic carbocycles. The van der Waals surface area contributed by atoms with Crippen LogP contribution in [0.15, 0.2) is 18.2 Å². The maximum absolute atomic E-state index is 10.6. The van der Waals surface area contributed by atoms with Crippen LogP contribution in [0.2, 0.25) is 0 Å². The number of benzene rings is 1. The van der Waals surface area contributed by atoms with Gasteiger partial charge in [-0.2, -0.15) is 0 Å². The van der Waals surface area contributed by atoms with Crippen LogP contribution in [-0.4, -0.2) is 21.9 Å². The number of rotatable bonds is 5. The van der Waals surface area contributed by atoms with E-state index in [1.165, 1.54) is 0 Å². The number of methoxy groups -OCH3 is 1. The van der Waals surface area contributed by atoms with Gasteiger partial charge in [-0.05, 0) is 6.07 Å². The van der Waals surface area contributed by atoms with Gasteiger partial charge in [0.25, 0.3) is 0 Å². The monoisotopic (exact) mass is 256 g/mol. The Morgan fingerprint density at radius 2 is 1.67 bits per heavy atom. The second-order valence-electron chi connectivity index (χ2n) is 2.98. The minimum atomic E-state index is -1.38. The maximum atomic E-state index is 10.6. The first-order valence-electron chi connectivity index (χ1n) is 4.37. The molecule has 0 spiro atoms. The molecule has 0 heterocycles. The van der Waals surface area contributed by atoms with Crippen molar-refractivity contribution in [3.63, 3.8) is 0 Å². The first-order chi connectivity index (χ1) is 8.38. The van der Waals surface area contributed by atoms with Crippen molar-refractivity contribution in [3.05, 3.63) is 60.3 Å². The third kappa shape index (κ3) is 2.42. The van der Waals surface area contributed by atoms with Crippen LogP contribution >= 0.6 is 0 Å². The Morgan fingerprint density at radius 3 is 2.06 bits per heavy atom. The number of hydrogen-bond donors (Lipinski definition) is 0. The first-order valence-corrected chi connectivity index (χ1v) is 4.37. The van der Waals surface area contributed by atoms with Crippen molar-refractivity contribution in [3.8, 4) is 5.75 Å². The first kappa shape index (κ1) is 13.2. The molecular formula is C8H6N3O7-. The summed E-state index contributed by atoms with van der Waals surface area (Å²) in [4.78, 5) is 28.4. The quantitative estimate of drug-likeness (QED) is 0.434. The van der Waals surface area contributed by atoms with E-state index in [9.17, 15) is 30.3 Å². The lowest BCUT2D eigenvalue weighted by atomic mass is 10.1. The van der Waals surface area contributed by atoms with Gasteiger partial charge in [0.15, 0.2) is 0 Å². The molecule has 0 aliphatic carbocycles. The molecule has 0 amide bonds. The van der Waals surface area contributed by atoms with Crippen molar-refractivity contribution in [2.45, 2.75) is 0 Å². The van der Waals surface area contributed by atoms with Crippen molar-refractivity contribution in [1.82, 2.24) is 0 Å². The lowest BCUT2D eigenvalue weighted by Gasteiger charge is -2.13. The summed E-state index contributed by atoms with van der Waals surface area (Å²) in [6.45, 7) is 0. The van der Waals surface area contributed by atoms with Gasteiger partial charge in [0.05, 0.1) is 17.0 Å². The van der Waals surface area contributed by atoms with Crippen molar-refractivity contribution in [2.75, 3.05) is 7.11 Å². The SMILES string of the molecule is COc1ccc([N+](=O)[O-])cc1[C-]([N+](=O)[O-])[N+](=O)[O-]. The number of hydrogen-bond acceptors (Lipinski definition) is 7. The Kier molecular flexibility index (Phi) is 3.62. The molecule has 1 rings (SSSR count). The van der Waals surface area contributed by atoms with Gasteiger partial charge >= 0.3 is 6.17 Å². The molecule has 18 heavy (non-hydrogen) atoms. The van der Waals surface area contributed by atoms with Gasteiger partial charge in [0, 0.05) is 16.2 Å². The fourth-order valence-corrected chi connectivity index (χ4v) is 1.25. The molecule has 10 nitrogen and oxygen atoms in total. The second kappa shape index (κ2) is 4.95. The molecule has 0 unspecified atom stereocenters. The minimum Gasteiger partial charge on any atom is -0.553 e. The van der Waals surface area contributed by atoms with E-state index in [0.717, 1.165) is 25.3 Å². The van der Waals surface area contributed by atoms with E-state index >= 15 is 0 Å². The van der Waals surface area contributed by atoms with Crippen LogP contribution < -0.4 is 4.74 Å². The Bertz CT molecular complexity index is 501. The van der Waals surface area contributed by atoms with Crippen LogP contribution in [0.3, 0.4) is 0 Å². The largest absolute Gasteiger partial charge is 0.553 e. The summed E-state index contributed by atoms with van der Waals surface area (Å²) in [7, 11) is 1.14. The van der Waals surface area contributed by atoms with Crippen molar-refractivity contribution in [1.29, 1.82) is 0 Å². The zero-order valence-corrected chi connectivity index (χ0v) is 8.93. The third-order valence-electron chi connectivity index (χ3n) is 1.98. The summed E-state index contributed by atoms with van der Waals surface area (Å²) in [5, 5.41) is 31.7. The summed E-state index contributed by atoms with van der Waals surface area (Å²) in [5.74, 6) is -0.191. The van der Waals surface area contributed by atoms with Gasteiger partial charge in [-0.15, -0.1) is 0 Å². The van der Waals surface area contributed by atoms with Gasteiger partial charge in [0.2, 0.25) is 5.69 Å². The van der Waals surface area contributed by atoms with Gasteiger partial charge in [-0.1, -0.05) is 12.1 Å². The van der Waals surface area contributed by atoms with Crippen LogP contribution in [0.5, 0.6) is 5.75 Å². The predicted molar refractivity (Wildman–Crippen MR) is 56.0 cm³/mol.